The number of hydrogen-bond acceptors (Lipinski definition) is 3. The second kappa shape index (κ2) is 6.35. The standard InChI is InChI=1S/C15H19N3O/c1-2-11-18(13-7-8-13)15(19)14-12(5-3-9-16)6-4-10-17-14/h4,6,10,13H,2,7-9,11,16H2,1H3. The molecule has 19 heavy (non-hydrogen) atoms. The summed E-state index contributed by atoms with van der Waals surface area (Å²) in [5.41, 5.74) is 6.49. The molecular weight excluding hydrogens is 238 g/mol. The highest BCUT2D eigenvalue weighted by atomic mass is 16.2. The van der Waals surface area contributed by atoms with E-state index in [9.17, 15) is 4.79 Å². The summed E-state index contributed by atoms with van der Waals surface area (Å²) < 4.78 is 0. The molecule has 4 heteroatoms. The molecule has 0 unspecified atom stereocenters. The summed E-state index contributed by atoms with van der Waals surface area (Å²) in [7, 11) is 0. The van der Waals surface area contributed by atoms with Gasteiger partial charge in [0, 0.05) is 18.8 Å². The Kier molecular flexibility index (Phi) is 4.53. The number of carbonyl (C=O) groups excluding carboxylic acids is 1. The lowest BCUT2D eigenvalue weighted by Gasteiger charge is -2.21. The van der Waals surface area contributed by atoms with E-state index in [1.54, 1.807) is 12.3 Å². The molecule has 2 N–H and O–H groups in total. The van der Waals surface area contributed by atoms with Gasteiger partial charge in [-0.3, -0.25) is 4.79 Å². The fourth-order valence-electron chi connectivity index (χ4n) is 2.04. The molecular formula is C15H19N3O. The van der Waals surface area contributed by atoms with Crippen LogP contribution in [0.3, 0.4) is 0 Å². The molecule has 1 amide bonds. The highest BCUT2D eigenvalue weighted by Gasteiger charge is 2.33. The second-order valence-corrected chi connectivity index (χ2v) is 4.64. The topological polar surface area (TPSA) is 59.2 Å². The Balaban J connectivity index is 2.26. The van der Waals surface area contributed by atoms with Gasteiger partial charge in [0.15, 0.2) is 0 Å². The Bertz CT molecular complexity index is 512. The van der Waals surface area contributed by atoms with Crippen molar-refractivity contribution in [1.82, 2.24) is 9.88 Å². The average molecular weight is 257 g/mol. The maximum Gasteiger partial charge on any atom is 0.273 e. The smallest absolute Gasteiger partial charge is 0.273 e. The Labute approximate surface area is 114 Å². The molecule has 1 fully saturated rings. The second-order valence-electron chi connectivity index (χ2n) is 4.64. The van der Waals surface area contributed by atoms with E-state index in [2.05, 4.69) is 23.7 Å². The average Bonchev–Trinajstić information content (AvgIpc) is 3.26. The minimum atomic E-state index is -0.00808. The van der Waals surface area contributed by atoms with Gasteiger partial charge >= 0.3 is 0 Å². The lowest BCUT2D eigenvalue weighted by molar-refractivity contribution is 0.0737. The summed E-state index contributed by atoms with van der Waals surface area (Å²) in [6, 6.07) is 4.00. The third kappa shape index (κ3) is 3.33. The zero-order valence-corrected chi connectivity index (χ0v) is 11.2. The molecule has 0 aliphatic heterocycles. The first kappa shape index (κ1) is 13.6. The molecule has 2 rings (SSSR count). The Hall–Kier alpha value is -1.86. The molecule has 0 bridgehead atoms. The molecule has 0 aromatic carbocycles. The van der Waals surface area contributed by atoms with E-state index in [-0.39, 0.29) is 12.5 Å². The minimum Gasteiger partial charge on any atom is -0.334 e. The Morgan fingerprint density at radius 1 is 1.58 bits per heavy atom. The molecule has 0 radical (unpaired) electrons. The number of pyridine rings is 1. The van der Waals surface area contributed by atoms with Crippen LogP contribution in [-0.4, -0.2) is 34.9 Å². The van der Waals surface area contributed by atoms with Crippen LogP contribution >= 0.6 is 0 Å². The molecule has 0 spiro atoms. The van der Waals surface area contributed by atoms with Crippen LogP contribution in [0.25, 0.3) is 0 Å². The fourth-order valence-corrected chi connectivity index (χ4v) is 2.04. The van der Waals surface area contributed by atoms with Crippen molar-refractivity contribution in [3.05, 3.63) is 29.6 Å². The van der Waals surface area contributed by atoms with Crippen LogP contribution in [0.1, 0.15) is 42.2 Å². The number of amides is 1. The molecule has 1 saturated carbocycles. The molecule has 1 aromatic heterocycles. The van der Waals surface area contributed by atoms with Crippen LogP contribution < -0.4 is 5.73 Å². The van der Waals surface area contributed by atoms with Crippen molar-refractivity contribution >= 4 is 5.91 Å². The monoisotopic (exact) mass is 257 g/mol. The number of hydrogen-bond donors (Lipinski definition) is 1. The van der Waals surface area contributed by atoms with Gasteiger partial charge in [-0.2, -0.15) is 0 Å². The lowest BCUT2D eigenvalue weighted by atomic mass is 10.1. The molecule has 0 saturated heterocycles. The van der Waals surface area contributed by atoms with Crippen molar-refractivity contribution in [1.29, 1.82) is 0 Å². The summed E-state index contributed by atoms with van der Waals surface area (Å²) in [6.07, 6.45) is 4.79. The zero-order valence-electron chi connectivity index (χ0n) is 11.2. The van der Waals surface area contributed by atoms with Gasteiger partial charge in [-0.1, -0.05) is 18.8 Å². The lowest BCUT2D eigenvalue weighted by Crippen LogP contribution is -2.34. The number of rotatable bonds is 4. The molecule has 1 heterocycles. The molecule has 1 aliphatic rings. The van der Waals surface area contributed by atoms with Gasteiger partial charge in [0.2, 0.25) is 0 Å². The Morgan fingerprint density at radius 3 is 3.00 bits per heavy atom. The van der Waals surface area contributed by atoms with Crippen molar-refractivity contribution in [2.24, 2.45) is 5.73 Å². The molecule has 4 nitrogen and oxygen atoms in total. The van der Waals surface area contributed by atoms with Crippen LogP contribution in [0.5, 0.6) is 0 Å². The van der Waals surface area contributed by atoms with Gasteiger partial charge in [-0.25, -0.2) is 4.98 Å². The van der Waals surface area contributed by atoms with Crippen LogP contribution in [0.15, 0.2) is 18.3 Å². The minimum absolute atomic E-state index is 0.00808. The zero-order chi connectivity index (χ0) is 13.7. The quantitative estimate of drug-likeness (QED) is 0.830. The predicted octanol–water partition coefficient (Wildman–Crippen LogP) is 1.41. The maximum atomic E-state index is 12.6. The van der Waals surface area contributed by atoms with E-state index < -0.39 is 0 Å². The number of carbonyl (C=O) groups is 1. The van der Waals surface area contributed by atoms with E-state index in [1.807, 2.05) is 11.0 Å². The van der Waals surface area contributed by atoms with Crippen LogP contribution in [0.2, 0.25) is 0 Å². The first-order chi connectivity index (χ1) is 9.27. The van der Waals surface area contributed by atoms with Gasteiger partial charge < -0.3 is 10.6 Å². The van der Waals surface area contributed by atoms with Crippen LogP contribution in [0.4, 0.5) is 0 Å². The first-order valence-corrected chi connectivity index (χ1v) is 6.72. The first-order valence-electron chi connectivity index (χ1n) is 6.72. The third-order valence-corrected chi connectivity index (χ3v) is 3.05. The summed E-state index contributed by atoms with van der Waals surface area (Å²) in [4.78, 5) is 18.7. The summed E-state index contributed by atoms with van der Waals surface area (Å²) >= 11 is 0. The molecule has 1 aromatic rings. The summed E-state index contributed by atoms with van der Waals surface area (Å²) in [5.74, 6) is 5.70. The van der Waals surface area contributed by atoms with E-state index in [1.165, 1.54) is 0 Å². The highest BCUT2D eigenvalue weighted by molar-refractivity contribution is 5.95. The van der Waals surface area contributed by atoms with Crippen molar-refractivity contribution in [2.75, 3.05) is 13.1 Å². The van der Waals surface area contributed by atoms with Crippen molar-refractivity contribution < 1.29 is 4.79 Å². The summed E-state index contributed by atoms with van der Waals surface area (Å²) in [6.45, 7) is 3.14. The largest absolute Gasteiger partial charge is 0.334 e. The van der Waals surface area contributed by atoms with Gasteiger partial charge in [0.1, 0.15) is 5.69 Å². The van der Waals surface area contributed by atoms with Crippen molar-refractivity contribution in [3.8, 4) is 11.8 Å². The summed E-state index contributed by atoms with van der Waals surface area (Å²) in [5, 5.41) is 0. The van der Waals surface area contributed by atoms with Gasteiger partial charge in [-0.05, 0) is 31.4 Å². The normalized spacial score (nSPS) is 13.6. The fraction of sp³-hybridized carbons (Fsp3) is 0.467. The van der Waals surface area contributed by atoms with Crippen molar-refractivity contribution in [2.45, 2.75) is 32.2 Å². The van der Waals surface area contributed by atoms with Gasteiger partial charge in [-0.15, -0.1) is 0 Å². The number of nitrogens with zero attached hydrogens (tertiary/aromatic N) is 2. The van der Waals surface area contributed by atoms with Gasteiger partial charge in [0.05, 0.1) is 12.1 Å². The maximum absolute atomic E-state index is 12.6. The van der Waals surface area contributed by atoms with Crippen LogP contribution in [-0.2, 0) is 0 Å². The molecule has 100 valence electrons. The van der Waals surface area contributed by atoms with E-state index in [4.69, 9.17) is 5.73 Å². The number of nitrogens with two attached hydrogens (primary N) is 1. The molecule has 0 atom stereocenters. The van der Waals surface area contributed by atoms with E-state index >= 15 is 0 Å². The third-order valence-electron chi connectivity index (χ3n) is 3.05. The van der Waals surface area contributed by atoms with Crippen molar-refractivity contribution in [3.63, 3.8) is 0 Å². The Morgan fingerprint density at radius 2 is 2.37 bits per heavy atom. The molecule has 1 aliphatic carbocycles. The number of aromatic nitrogens is 1. The highest BCUT2D eigenvalue weighted by Crippen LogP contribution is 2.28. The SMILES string of the molecule is CCCN(C(=O)c1ncccc1C#CCN)C1CC1. The predicted molar refractivity (Wildman–Crippen MR) is 74.5 cm³/mol. The van der Waals surface area contributed by atoms with E-state index in [0.717, 1.165) is 25.8 Å². The van der Waals surface area contributed by atoms with E-state index in [0.29, 0.717) is 17.3 Å². The van der Waals surface area contributed by atoms with Gasteiger partial charge in [0.25, 0.3) is 5.91 Å². The van der Waals surface area contributed by atoms with Crippen LogP contribution in [0, 0.1) is 11.8 Å².